The van der Waals surface area contributed by atoms with Crippen LogP contribution in [0.15, 0.2) is 54.6 Å². The predicted molar refractivity (Wildman–Crippen MR) is 109 cm³/mol. The third kappa shape index (κ3) is 3.14. The highest BCUT2D eigenvalue weighted by Crippen LogP contribution is 2.31. The second-order valence-electron chi connectivity index (χ2n) is 7.15. The van der Waals surface area contributed by atoms with Crippen molar-refractivity contribution in [2.24, 2.45) is 0 Å². The van der Waals surface area contributed by atoms with Crippen molar-refractivity contribution >= 4 is 23.5 Å². The molecule has 2 amide bonds. The quantitative estimate of drug-likeness (QED) is 0.741. The molecule has 1 N–H and O–H groups in total. The van der Waals surface area contributed by atoms with Crippen molar-refractivity contribution in [1.29, 1.82) is 0 Å². The van der Waals surface area contributed by atoms with E-state index in [0.717, 1.165) is 42.0 Å². The summed E-state index contributed by atoms with van der Waals surface area (Å²) in [5.74, 6) is 0.492. The Balaban J connectivity index is 1.47. The molecule has 1 aliphatic heterocycles. The Morgan fingerprint density at radius 2 is 1.86 bits per heavy atom. The van der Waals surface area contributed by atoms with Crippen LogP contribution in [0.5, 0.6) is 0 Å². The van der Waals surface area contributed by atoms with Gasteiger partial charge in [0.05, 0.1) is 17.9 Å². The molecule has 7 nitrogen and oxygen atoms in total. The molecule has 1 aromatic heterocycles. The van der Waals surface area contributed by atoms with Gasteiger partial charge in [0.25, 0.3) is 5.91 Å². The molecule has 1 saturated heterocycles. The van der Waals surface area contributed by atoms with Crippen molar-refractivity contribution < 1.29 is 14.3 Å². The number of nitrogens with one attached hydrogen (secondary N) is 1. The molecule has 7 heteroatoms. The third-order valence-corrected chi connectivity index (χ3v) is 5.32. The number of rotatable bonds is 4. The lowest BCUT2D eigenvalue weighted by atomic mass is 10.1. The molecule has 146 valence electrons. The number of anilines is 2. The number of hydrogen-bond donors (Lipinski definition) is 1. The summed E-state index contributed by atoms with van der Waals surface area (Å²) in [6.07, 6.45) is 2.48. The Bertz CT molecular complexity index is 1090. The molecule has 0 saturated carbocycles. The summed E-state index contributed by atoms with van der Waals surface area (Å²) in [5, 5.41) is 7.79. The van der Waals surface area contributed by atoms with Crippen molar-refractivity contribution in [3.63, 3.8) is 0 Å². The van der Waals surface area contributed by atoms with Gasteiger partial charge in [0, 0.05) is 16.8 Å². The number of ether oxygens (including phenoxy) is 1. The summed E-state index contributed by atoms with van der Waals surface area (Å²) in [6, 6.07) is 16.8. The second-order valence-corrected chi connectivity index (χ2v) is 7.15. The molecule has 0 radical (unpaired) electrons. The lowest BCUT2D eigenvalue weighted by Crippen LogP contribution is -2.24. The van der Waals surface area contributed by atoms with Gasteiger partial charge in [-0.05, 0) is 49.6 Å². The van der Waals surface area contributed by atoms with Gasteiger partial charge in [-0.1, -0.05) is 24.3 Å². The van der Waals surface area contributed by atoms with Crippen LogP contribution in [-0.2, 0) is 17.6 Å². The number of fused-ring (bicyclic) bond motifs is 1. The smallest absolute Gasteiger partial charge is 0.414 e. The fourth-order valence-corrected chi connectivity index (χ4v) is 3.90. The van der Waals surface area contributed by atoms with Crippen LogP contribution in [0.25, 0.3) is 5.69 Å². The molecule has 2 aliphatic rings. The van der Waals surface area contributed by atoms with Crippen LogP contribution >= 0.6 is 0 Å². The number of para-hydroxylation sites is 1. The summed E-state index contributed by atoms with van der Waals surface area (Å²) in [6.45, 7) is 0.843. The standard InChI is InChI=1S/C22H20N4O3/c27-21(15-6-4-9-17(14-15)25-12-13-29-22(25)28)23-20-18-10-5-11-19(18)24-26(20)16-7-2-1-3-8-16/h1-4,6-9,14H,5,10-13H2,(H,23,27). The van der Waals surface area contributed by atoms with Crippen LogP contribution in [0, 0.1) is 0 Å². The van der Waals surface area contributed by atoms with Crippen molar-refractivity contribution in [2.45, 2.75) is 19.3 Å². The number of aromatic nitrogens is 2. The van der Waals surface area contributed by atoms with E-state index in [2.05, 4.69) is 5.32 Å². The first-order valence-electron chi connectivity index (χ1n) is 9.72. The number of carbonyl (C=O) groups excluding carboxylic acids is 2. The van der Waals surface area contributed by atoms with Gasteiger partial charge in [-0.3, -0.25) is 9.69 Å². The van der Waals surface area contributed by atoms with E-state index in [1.807, 2.05) is 35.0 Å². The van der Waals surface area contributed by atoms with E-state index in [0.29, 0.717) is 24.4 Å². The van der Waals surface area contributed by atoms with E-state index in [9.17, 15) is 9.59 Å². The van der Waals surface area contributed by atoms with Crippen molar-refractivity contribution in [2.75, 3.05) is 23.4 Å². The number of aryl methyl sites for hydroxylation is 1. The average molecular weight is 388 g/mol. The highest BCUT2D eigenvalue weighted by Gasteiger charge is 2.26. The van der Waals surface area contributed by atoms with Crippen LogP contribution < -0.4 is 10.2 Å². The van der Waals surface area contributed by atoms with Gasteiger partial charge >= 0.3 is 6.09 Å². The average Bonchev–Trinajstić information content (AvgIpc) is 3.46. The van der Waals surface area contributed by atoms with E-state index < -0.39 is 0 Å². The normalized spacial score (nSPS) is 15.3. The van der Waals surface area contributed by atoms with Gasteiger partial charge in [-0.2, -0.15) is 5.10 Å². The molecule has 2 aromatic carbocycles. The largest absolute Gasteiger partial charge is 0.447 e. The Morgan fingerprint density at radius 1 is 1.03 bits per heavy atom. The first kappa shape index (κ1) is 17.5. The fourth-order valence-electron chi connectivity index (χ4n) is 3.90. The maximum Gasteiger partial charge on any atom is 0.414 e. The number of amides is 2. The van der Waals surface area contributed by atoms with Gasteiger partial charge in [-0.25, -0.2) is 9.48 Å². The van der Waals surface area contributed by atoms with Crippen molar-refractivity contribution in [3.05, 3.63) is 71.4 Å². The van der Waals surface area contributed by atoms with E-state index in [-0.39, 0.29) is 12.0 Å². The van der Waals surface area contributed by atoms with Crippen LogP contribution in [-0.4, -0.2) is 34.9 Å². The Hall–Kier alpha value is -3.61. The van der Waals surface area contributed by atoms with Gasteiger partial charge in [-0.15, -0.1) is 0 Å². The topological polar surface area (TPSA) is 76.5 Å². The van der Waals surface area contributed by atoms with E-state index in [1.54, 1.807) is 24.3 Å². The SMILES string of the molecule is O=C(Nc1c2c(nn1-c1ccccc1)CCC2)c1cccc(N2CCOC2=O)c1. The number of carbonyl (C=O) groups is 2. The molecular formula is C22H20N4O3. The lowest BCUT2D eigenvalue weighted by molar-refractivity contribution is 0.102. The number of hydrogen-bond acceptors (Lipinski definition) is 4. The van der Waals surface area contributed by atoms with Gasteiger partial charge in [0.15, 0.2) is 0 Å². The molecule has 1 aliphatic carbocycles. The van der Waals surface area contributed by atoms with Gasteiger partial charge in [0.1, 0.15) is 12.4 Å². The summed E-state index contributed by atoms with van der Waals surface area (Å²) in [4.78, 5) is 26.4. The van der Waals surface area contributed by atoms with E-state index >= 15 is 0 Å². The molecule has 1 fully saturated rings. The highest BCUT2D eigenvalue weighted by molar-refractivity contribution is 6.05. The molecule has 0 bridgehead atoms. The first-order chi connectivity index (χ1) is 14.2. The molecule has 29 heavy (non-hydrogen) atoms. The molecule has 0 spiro atoms. The zero-order chi connectivity index (χ0) is 19.8. The fraction of sp³-hybridized carbons (Fsp3) is 0.227. The number of benzene rings is 2. The van der Waals surface area contributed by atoms with E-state index in [4.69, 9.17) is 9.84 Å². The molecule has 3 aromatic rings. The van der Waals surface area contributed by atoms with Crippen LogP contribution in [0.4, 0.5) is 16.3 Å². The molecule has 0 atom stereocenters. The lowest BCUT2D eigenvalue weighted by Gasteiger charge is -2.14. The summed E-state index contributed by atoms with van der Waals surface area (Å²) >= 11 is 0. The molecule has 5 rings (SSSR count). The second kappa shape index (κ2) is 7.09. The Morgan fingerprint density at radius 3 is 2.66 bits per heavy atom. The summed E-state index contributed by atoms with van der Waals surface area (Å²) in [7, 11) is 0. The number of nitrogens with zero attached hydrogens (tertiary/aromatic N) is 3. The Labute approximate surface area is 167 Å². The maximum absolute atomic E-state index is 13.1. The zero-order valence-electron chi connectivity index (χ0n) is 15.8. The summed E-state index contributed by atoms with van der Waals surface area (Å²) in [5.41, 5.74) is 4.18. The van der Waals surface area contributed by atoms with Crippen LogP contribution in [0.2, 0.25) is 0 Å². The maximum atomic E-state index is 13.1. The summed E-state index contributed by atoms with van der Waals surface area (Å²) < 4.78 is 6.80. The zero-order valence-corrected chi connectivity index (χ0v) is 15.8. The highest BCUT2D eigenvalue weighted by atomic mass is 16.6. The first-order valence-corrected chi connectivity index (χ1v) is 9.72. The van der Waals surface area contributed by atoms with Crippen molar-refractivity contribution in [1.82, 2.24) is 9.78 Å². The Kier molecular flexibility index (Phi) is 4.27. The van der Waals surface area contributed by atoms with Crippen molar-refractivity contribution in [3.8, 4) is 5.69 Å². The van der Waals surface area contributed by atoms with Gasteiger partial charge < -0.3 is 10.1 Å². The van der Waals surface area contributed by atoms with Gasteiger partial charge in [0.2, 0.25) is 0 Å². The monoisotopic (exact) mass is 388 g/mol. The predicted octanol–water partition coefficient (Wildman–Crippen LogP) is 3.57. The minimum atomic E-state index is -0.387. The minimum Gasteiger partial charge on any atom is -0.447 e. The van der Waals surface area contributed by atoms with Crippen LogP contribution in [0.3, 0.4) is 0 Å². The van der Waals surface area contributed by atoms with Crippen LogP contribution in [0.1, 0.15) is 28.0 Å². The third-order valence-electron chi connectivity index (χ3n) is 5.32. The molecule has 2 heterocycles. The molecular weight excluding hydrogens is 368 g/mol. The van der Waals surface area contributed by atoms with E-state index in [1.165, 1.54) is 4.90 Å². The minimum absolute atomic E-state index is 0.230. The number of cyclic esters (lactones) is 1. The molecule has 0 unspecified atom stereocenters.